The molecule has 1 aliphatic heterocycles. The van der Waals surface area contributed by atoms with Crippen molar-refractivity contribution < 1.29 is 0 Å². The summed E-state index contributed by atoms with van der Waals surface area (Å²) in [6.07, 6.45) is 12.0. The van der Waals surface area contributed by atoms with Gasteiger partial charge in [0.2, 0.25) is 0 Å². The number of hydrogen-bond donors (Lipinski definition) is 0. The van der Waals surface area contributed by atoms with Gasteiger partial charge in [0, 0.05) is 63.1 Å². The molecule has 0 aromatic heterocycles. The summed E-state index contributed by atoms with van der Waals surface area (Å²) in [6, 6.07) is 20.7. The molecule has 0 fully saturated rings. The fraction of sp³-hybridized carbons (Fsp3) is 0.200. The maximum absolute atomic E-state index is 9.48. The fourth-order valence-electron chi connectivity index (χ4n) is 3.74. The molecular weight excluding hydrogens is 430 g/mol. The predicted molar refractivity (Wildman–Crippen MR) is 146 cm³/mol. The Bertz CT molecular complexity index is 1170. The lowest BCUT2D eigenvalue weighted by atomic mass is 10.0. The number of hydrogen-bond acceptors (Lipinski definition) is 5. The molecule has 0 saturated heterocycles. The van der Waals surface area contributed by atoms with Crippen molar-refractivity contribution in [3.63, 3.8) is 0 Å². The van der Waals surface area contributed by atoms with E-state index in [0.717, 1.165) is 40.4 Å². The molecule has 176 valence electrons. The quantitative estimate of drug-likeness (QED) is 0.474. The molecule has 0 amide bonds. The van der Waals surface area contributed by atoms with Crippen LogP contribution in [0.2, 0.25) is 0 Å². The summed E-state index contributed by atoms with van der Waals surface area (Å²) in [6.45, 7) is 2.83. The molecule has 0 atom stereocenters. The van der Waals surface area contributed by atoms with Crippen molar-refractivity contribution in [2.45, 2.75) is 6.92 Å². The highest BCUT2D eigenvalue weighted by Gasteiger charge is 2.17. The molecule has 0 N–H and O–H groups in total. The molecule has 35 heavy (non-hydrogen) atoms. The maximum Gasteiger partial charge on any atom is 0.137 e. The van der Waals surface area contributed by atoms with E-state index in [4.69, 9.17) is 0 Å². The molecule has 5 heteroatoms. The van der Waals surface area contributed by atoms with Crippen LogP contribution >= 0.6 is 0 Å². The topological polar surface area (TPSA) is 57.3 Å². The second kappa shape index (κ2) is 11.6. The molecule has 2 aromatic rings. The van der Waals surface area contributed by atoms with Crippen LogP contribution in [0.25, 0.3) is 12.2 Å². The third-order valence-electron chi connectivity index (χ3n) is 5.77. The van der Waals surface area contributed by atoms with Gasteiger partial charge in [-0.1, -0.05) is 36.4 Å². The first-order chi connectivity index (χ1) is 16.9. The molecule has 0 saturated carbocycles. The first-order valence-corrected chi connectivity index (χ1v) is 11.5. The van der Waals surface area contributed by atoms with Gasteiger partial charge in [0.15, 0.2) is 0 Å². The Morgan fingerprint density at radius 1 is 0.714 bits per heavy atom. The molecule has 0 aliphatic carbocycles. The van der Waals surface area contributed by atoms with Crippen LogP contribution in [0.5, 0.6) is 0 Å². The van der Waals surface area contributed by atoms with Crippen molar-refractivity contribution in [2.75, 3.05) is 44.5 Å². The van der Waals surface area contributed by atoms with Gasteiger partial charge in [-0.2, -0.15) is 10.5 Å². The summed E-state index contributed by atoms with van der Waals surface area (Å²) in [4.78, 5) is 6.30. The Labute approximate surface area is 209 Å². The zero-order valence-electron chi connectivity index (χ0n) is 21.0. The zero-order chi connectivity index (χ0) is 25.4. The Hall–Kier alpha value is -4.48. The highest BCUT2D eigenvalue weighted by atomic mass is 15.1. The average Bonchev–Trinajstić information content (AvgIpc) is 2.87. The van der Waals surface area contributed by atoms with Crippen molar-refractivity contribution >= 4 is 23.5 Å². The van der Waals surface area contributed by atoms with E-state index < -0.39 is 0 Å². The maximum atomic E-state index is 9.48. The van der Waals surface area contributed by atoms with Gasteiger partial charge in [-0.15, -0.1) is 0 Å². The summed E-state index contributed by atoms with van der Waals surface area (Å²) < 4.78 is 0. The highest BCUT2D eigenvalue weighted by Crippen LogP contribution is 2.28. The van der Waals surface area contributed by atoms with E-state index in [1.807, 2.05) is 64.6 Å². The normalized spacial score (nSPS) is 13.3. The van der Waals surface area contributed by atoms with E-state index in [0.29, 0.717) is 5.57 Å². The van der Waals surface area contributed by atoms with Crippen LogP contribution in [-0.4, -0.2) is 39.6 Å². The smallest absolute Gasteiger partial charge is 0.137 e. The van der Waals surface area contributed by atoms with Crippen LogP contribution in [0.15, 0.2) is 95.4 Å². The second-order valence-electron chi connectivity index (χ2n) is 8.58. The predicted octanol–water partition coefficient (Wildman–Crippen LogP) is 5.99. The molecule has 2 aromatic carbocycles. The van der Waals surface area contributed by atoms with Gasteiger partial charge in [0.25, 0.3) is 0 Å². The summed E-state index contributed by atoms with van der Waals surface area (Å²) >= 11 is 0. The van der Waals surface area contributed by atoms with Crippen LogP contribution < -0.4 is 9.80 Å². The molecule has 1 aliphatic rings. The Kier molecular flexibility index (Phi) is 8.33. The summed E-state index contributed by atoms with van der Waals surface area (Å²) in [5.41, 5.74) is 6.99. The van der Waals surface area contributed by atoms with Gasteiger partial charge in [-0.3, -0.25) is 0 Å². The lowest BCUT2D eigenvalue weighted by molar-refractivity contribution is 0.474. The van der Waals surface area contributed by atoms with Gasteiger partial charge in [-0.25, -0.2) is 0 Å². The molecule has 1 heterocycles. The fourth-order valence-corrected chi connectivity index (χ4v) is 3.74. The van der Waals surface area contributed by atoms with Crippen molar-refractivity contribution in [3.05, 3.63) is 107 Å². The largest absolute Gasteiger partial charge is 0.378 e. The lowest BCUT2D eigenvalue weighted by Crippen LogP contribution is -2.23. The van der Waals surface area contributed by atoms with E-state index in [1.165, 1.54) is 0 Å². The monoisotopic (exact) mass is 461 g/mol. The van der Waals surface area contributed by atoms with Crippen LogP contribution in [0.1, 0.15) is 18.1 Å². The molecule has 0 bridgehead atoms. The number of nitriles is 2. The van der Waals surface area contributed by atoms with Crippen molar-refractivity contribution in [3.8, 4) is 12.1 Å². The SMILES string of the molecule is CCN1C(/C=C/c2ccc(N(C)C)cc2)=CC(=C(C#N)C#N)C=C1/C=C/c1ccc(N(C)C)cc1. The van der Waals surface area contributed by atoms with Gasteiger partial charge in [-0.05, 0) is 66.6 Å². The number of allylic oxidation sites excluding steroid dienone is 6. The van der Waals surface area contributed by atoms with Gasteiger partial charge < -0.3 is 14.7 Å². The molecular formula is C30H31N5. The Morgan fingerprint density at radius 3 is 1.43 bits per heavy atom. The minimum absolute atomic E-state index is 0.100. The van der Waals surface area contributed by atoms with E-state index >= 15 is 0 Å². The number of likely N-dealkylation sites (N-methyl/N-ethyl adjacent to an activating group) is 1. The third kappa shape index (κ3) is 6.31. The molecule has 0 unspecified atom stereocenters. The summed E-state index contributed by atoms with van der Waals surface area (Å²) in [5, 5.41) is 19.0. The van der Waals surface area contributed by atoms with Crippen LogP contribution in [0, 0.1) is 22.7 Å². The van der Waals surface area contributed by atoms with Gasteiger partial charge >= 0.3 is 0 Å². The molecule has 0 radical (unpaired) electrons. The van der Waals surface area contributed by atoms with Gasteiger partial charge in [0.1, 0.15) is 17.7 Å². The number of anilines is 2. The van der Waals surface area contributed by atoms with E-state index in [-0.39, 0.29) is 5.57 Å². The zero-order valence-corrected chi connectivity index (χ0v) is 21.0. The van der Waals surface area contributed by atoms with Crippen LogP contribution in [-0.2, 0) is 0 Å². The molecule has 3 rings (SSSR count). The third-order valence-corrected chi connectivity index (χ3v) is 5.77. The van der Waals surface area contributed by atoms with Crippen LogP contribution in [0.4, 0.5) is 11.4 Å². The Balaban J connectivity index is 1.95. The number of nitrogens with zero attached hydrogens (tertiary/aromatic N) is 5. The summed E-state index contributed by atoms with van der Waals surface area (Å²) in [7, 11) is 8.07. The van der Waals surface area contributed by atoms with Crippen molar-refractivity contribution in [2.24, 2.45) is 0 Å². The lowest BCUT2D eigenvalue weighted by Gasteiger charge is -2.29. The summed E-state index contributed by atoms with van der Waals surface area (Å²) in [5.74, 6) is 0. The minimum Gasteiger partial charge on any atom is -0.378 e. The average molecular weight is 462 g/mol. The van der Waals surface area contributed by atoms with Crippen molar-refractivity contribution in [1.29, 1.82) is 10.5 Å². The molecule has 5 nitrogen and oxygen atoms in total. The number of benzene rings is 2. The van der Waals surface area contributed by atoms with Crippen LogP contribution in [0.3, 0.4) is 0 Å². The highest BCUT2D eigenvalue weighted by molar-refractivity contribution is 5.63. The van der Waals surface area contributed by atoms with Gasteiger partial charge in [0.05, 0.1) is 0 Å². The Morgan fingerprint density at radius 2 is 1.11 bits per heavy atom. The van der Waals surface area contributed by atoms with E-state index in [1.54, 1.807) is 0 Å². The van der Waals surface area contributed by atoms with E-state index in [9.17, 15) is 10.5 Å². The van der Waals surface area contributed by atoms with E-state index in [2.05, 4.69) is 82.3 Å². The standard InChI is InChI=1S/C30H31N5/c1-6-35-29(17-11-23-7-13-27(14-8-23)33(2)3)19-25(26(21-31)22-32)20-30(35)18-12-24-9-15-28(16-10-24)34(4)5/h7-20H,6H2,1-5H3/b17-11+,18-12+. The van der Waals surface area contributed by atoms with Crippen molar-refractivity contribution in [1.82, 2.24) is 4.90 Å². The second-order valence-corrected chi connectivity index (χ2v) is 8.58. The first kappa shape index (κ1) is 25.1. The number of rotatable bonds is 7. The first-order valence-electron chi connectivity index (χ1n) is 11.5. The molecule has 0 spiro atoms. The minimum atomic E-state index is 0.100.